The number of hydrogen-bond donors (Lipinski definition) is 2. The van der Waals surface area contributed by atoms with Crippen molar-refractivity contribution in [3.05, 3.63) is 53.5 Å². The van der Waals surface area contributed by atoms with Gasteiger partial charge >= 0.3 is 5.97 Å². The number of furan rings is 1. The van der Waals surface area contributed by atoms with Crippen LogP contribution in [0.1, 0.15) is 40.0 Å². The number of carbonyl (C=O) groups excluding carboxylic acids is 1. The molecule has 2 aromatic rings. The molecular weight excluding hydrogens is 258 g/mol. The highest BCUT2D eigenvalue weighted by atomic mass is 16.4. The summed E-state index contributed by atoms with van der Waals surface area (Å²) in [5.41, 5.74) is 1.75. The van der Waals surface area contributed by atoms with E-state index in [0.717, 1.165) is 18.4 Å². The van der Waals surface area contributed by atoms with Crippen LogP contribution in [0.25, 0.3) is 0 Å². The standard InChI is InChI=1S/C15H15NO4/c1-2-5-10-6-3-4-7-11(10)16-14(17)12-8-9-13(20-12)15(18)19/h3-4,6-9H,2,5H2,1H3,(H,16,17)(H,18,19). The van der Waals surface area contributed by atoms with E-state index in [-0.39, 0.29) is 11.5 Å². The van der Waals surface area contributed by atoms with Gasteiger partial charge in [0.2, 0.25) is 5.76 Å². The van der Waals surface area contributed by atoms with Gasteiger partial charge in [-0.3, -0.25) is 4.79 Å². The van der Waals surface area contributed by atoms with Gasteiger partial charge in [0.1, 0.15) is 0 Å². The maximum Gasteiger partial charge on any atom is 0.371 e. The van der Waals surface area contributed by atoms with Crippen LogP contribution in [0.15, 0.2) is 40.8 Å². The Balaban J connectivity index is 2.16. The Morgan fingerprint density at radius 3 is 2.50 bits per heavy atom. The van der Waals surface area contributed by atoms with Crippen LogP contribution in [-0.4, -0.2) is 17.0 Å². The quantitative estimate of drug-likeness (QED) is 0.876. The van der Waals surface area contributed by atoms with Gasteiger partial charge in [-0.1, -0.05) is 31.5 Å². The molecule has 1 aromatic carbocycles. The predicted octanol–water partition coefficient (Wildman–Crippen LogP) is 3.18. The molecule has 0 unspecified atom stereocenters. The summed E-state index contributed by atoms with van der Waals surface area (Å²) in [5.74, 6) is -1.93. The van der Waals surface area contributed by atoms with Gasteiger partial charge in [0.15, 0.2) is 5.76 Å². The minimum Gasteiger partial charge on any atom is -0.475 e. The molecule has 0 bridgehead atoms. The number of nitrogens with one attached hydrogen (secondary N) is 1. The molecule has 0 aliphatic rings. The predicted molar refractivity (Wildman–Crippen MR) is 74.1 cm³/mol. The minimum atomic E-state index is -1.20. The Morgan fingerprint density at radius 1 is 1.15 bits per heavy atom. The van der Waals surface area contributed by atoms with E-state index in [1.165, 1.54) is 12.1 Å². The second-order valence-corrected chi connectivity index (χ2v) is 4.33. The summed E-state index contributed by atoms with van der Waals surface area (Å²) in [7, 11) is 0. The fraction of sp³-hybridized carbons (Fsp3) is 0.200. The van der Waals surface area contributed by atoms with Crippen LogP contribution in [-0.2, 0) is 6.42 Å². The molecule has 1 amide bonds. The van der Waals surface area contributed by atoms with E-state index in [1.54, 1.807) is 0 Å². The van der Waals surface area contributed by atoms with Crippen molar-refractivity contribution >= 4 is 17.6 Å². The van der Waals surface area contributed by atoms with Crippen LogP contribution in [0.5, 0.6) is 0 Å². The van der Waals surface area contributed by atoms with E-state index in [2.05, 4.69) is 12.2 Å². The van der Waals surface area contributed by atoms with Crippen LogP contribution in [0.4, 0.5) is 5.69 Å². The second kappa shape index (κ2) is 6.06. The summed E-state index contributed by atoms with van der Waals surface area (Å²) < 4.78 is 4.97. The monoisotopic (exact) mass is 273 g/mol. The highest BCUT2D eigenvalue weighted by molar-refractivity contribution is 6.03. The molecule has 0 spiro atoms. The Morgan fingerprint density at radius 2 is 1.85 bits per heavy atom. The third-order valence-corrected chi connectivity index (χ3v) is 2.83. The first kappa shape index (κ1) is 13.9. The van der Waals surface area contributed by atoms with Gasteiger partial charge in [0, 0.05) is 5.69 Å². The molecule has 0 aliphatic carbocycles. The maximum absolute atomic E-state index is 12.0. The number of carboxylic acid groups (broad SMARTS) is 1. The number of rotatable bonds is 5. The normalized spacial score (nSPS) is 10.2. The lowest BCUT2D eigenvalue weighted by Gasteiger charge is -2.09. The lowest BCUT2D eigenvalue weighted by molar-refractivity contribution is 0.0660. The number of benzene rings is 1. The number of carbonyl (C=O) groups is 2. The molecule has 0 atom stereocenters. The molecule has 0 fully saturated rings. The van der Waals surface area contributed by atoms with E-state index < -0.39 is 11.9 Å². The van der Waals surface area contributed by atoms with Crippen molar-refractivity contribution < 1.29 is 19.1 Å². The molecule has 0 radical (unpaired) electrons. The summed E-state index contributed by atoms with van der Waals surface area (Å²) in [6.45, 7) is 2.06. The zero-order valence-electron chi connectivity index (χ0n) is 11.1. The van der Waals surface area contributed by atoms with Gasteiger partial charge in [0.25, 0.3) is 5.91 Å². The lowest BCUT2D eigenvalue weighted by atomic mass is 10.1. The van der Waals surface area contributed by atoms with Crippen LogP contribution >= 0.6 is 0 Å². The van der Waals surface area contributed by atoms with E-state index in [0.29, 0.717) is 5.69 Å². The van der Waals surface area contributed by atoms with Gasteiger partial charge in [-0.15, -0.1) is 0 Å². The molecule has 2 N–H and O–H groups in total. The van der Waals surface area contributed by atoms with Crippen molar-refractivity contribution in [3.63, 3.8) is 0 Å². The number of amides is 1. The van der Waals surface area contributed by atoms with Crippen LogP contribution in [0.3, 0.4) is 0 Å². The minimum absolute atomic E-state index is 0.0197. The molecule has 1 aromatic heterocycles. The third kappa shape index (κ3) is 3.06. The van der Waals surface area contributed by atoms with Crippen molar-refractivity contribution in [1.29, 1.82) is 0 Å². The number of aromatic carboxylic acids is 1. The van der Waals surface area contributed by atoms with Gasteiger partial charge in [-0.2, -0.15) is 0 Å². The molecule has 0 saturated heterocycles. The molecular formula is C15H15NO4. The Kier molecular flexibility index (Phi) is 4.20. The molecule has 5 nitrogen and oxygen atoms in total. The first-order valence-corrected chi connectivity index (χ1v) is 6.34. The summed E-state index contributed by atoms with van der Waals surface area (Å²) in [6, 6.07) is 10.1. The van der Waals surface area contributed by atoms with E-state index in [9.17, 15) is 9.59 Å². The smallest absolute Gasteiger partial charge is 0.371 e. The van der Waals surface area contributed by atoms with Crippen LogP contribution in [0, 0.1) is 0 Å². The molecule has 5 heteroatoms. The first-order chi connectivity index (χ1) is 9.61. The average Bonchev–Trinajstić information content (AvgIpc) is 2.91. The molecule has 0 saturated carbocycles. The molecule has 2 rings (SSSR count). The Hall–Kier alpha value is -2.56. The van der Waals surface area contributed by atoms with Crippen molar-refractivity contribution in [2.75, 3.05) is 5.32 Å². The zero-order chi connectivity index (χ0) is 14.5. The molecule has 1 heterocycles. The molecule has 104 valence electrons. The third-order valence-electron chi connectivity index (χ3n) is 2.83. The SMILES string of the molecule is CCCc1ccccc1NC(=O)c1ccc(C(=O)O)o1. The topological polar surface area (TPSA) is 79.5 Å². The molecule has 0 aliphatic heterocycles. The van der Waals surface area contributed by atoms with Gasteiger partial charge < -0.3 is 14.8 Å². The summed E-state index contributed by atoms with van der Waals surface area (Å²) >= 11 is 0. The largest absolute Gasteiger partial charge is 0.475 e. The highest BCUT2D eigenvalue weighted by Gasteiger charge is 2.15. The summed E-state index contributed by atoms with van der Waals surface area (Å²) in [4.78, 5) is 22.7. The average molecular weight is 273 g/mol. The van der Waals surface area contributed by atoms with Crippen LogP contribution in [0.2, 0.25) is 0 Å². The number of carboxylic acids is 1. The van der Waals surface area contributed by atoms with Crippen molar-refractivity contribution in [2.45, 2.75) is 19.8 Å². The molecule has 20 heavy (non-hydrogen) atoms. The Labute approximate surface area is 116 Å². The highest BCUT2D eigenvalue weighted by Crippen LogP contribution is 2.18. The fourth-order valence-electron chi connectivity index (χ4n) is 1.89. The van der Waals surface area contributed by atoms with Crippen LogP contribution < -0.4 is 5.32 Å². The number of para-hydroxylation sites is 1. The van der Waals surface area contributed by atoms with Gasteiger partial charge in [-0.25, -0.2) is 4.79 Å². The number of aryl methyl sites for hydroxylation is 1. The van der Waals surface area contributed by atoms with Crippen molar-refractivity contribution in [3.8, 4) is 0 Å². The van der Waals surface area contributed by atoms with Gasteiger partial charge in [-0.05, 0) is 30.2 Å². The maximum atomic E-state index is 12.0. The lowest BCUT2D eigenvalue weighted by Crippen LogP contribution is -2.12. The first-order valence-electron chi connectivity index (χ1n) is 6.34. The number of anilines is 1. The summed E-state index contributed by atoms with van der Waals surface area (Å²) in [6.07, 6.45) is 1.83. The Bertz CT molecular complexity index is 630. The zero-order valence-corrected chi connectivity index (χ0v) is 11.1. The fourth-order valence-corrected chi connectivity index (χ4v) is 1.89. The van der Waals surface area contributed by atoms with E-state index in [1.807, 2.05) is 24.3 Å². The second-order valence-electron chi connectivity index (χ2n) is 4.33. The number of hydrogen-bond acceptors (Lipinski definition) is 3. The van der Waals surface area contributed by atoms with Crippen molar-refractivity contribution in [1.82, 2.24) is 0 Å². The van der Waals surface area contributed by atoms with Gasteiger partial charge in [0.05, 0.1) is 0 Å². The summed E-state index contributed by atoms with van der Waals surface area (Å²) in [5, 5.41) is 11.5. The van der Waals surface area contributed by atoms with E-state index in [4.69, 9.17) is 9.52 Å². The van der Waals surface area contributed by atoms with Crippen molar-refractivity contribution in [2.24, 2.45) is 0 Å². The van der Waals surface area contributed by atoms with E-state index >= 15 is 0 Å².